The topological polar surface area (TPSA) is 26.3 Å². The minimum absolute atomic E-state index is 0.0560. The molecule has 0 radical (unpaired) electrons. The molecule has 0 rings (SSSR count). The van der Waals surface area contributed by atoms with Crippen molar-refractivity contribution in [2.75, 3.05) is 6.61 Å². The fourth-order valence-electron chi connectivity index (χ4n) is 4.14. The van der Waals surface area contributed by atoms with E-state index in [1.807, 2.05) is 0 Å². The van der Waals surface area contributed by atoms with Gasteiger partial charge < -0.3 is 4.74 Å². The quantitative estimate of drug-likeness (QED) is 0.124. The number of hydrogen-bond donors (Lipinski definition) is 0. The molecule has 0 saturated heterocycles. The van der Waals surface area contributed by atoms with Gasteiger partial charge in [0.1, 0.15) is 0 Å². The highest BCUT2D eigenvalue weighted by Gasteiger charge is 2.14. The highest BCUT2D eigenvalue weighted by atomic mass is 16.5. The summed E-state index contributed by atoms with van der Waals surface area (Å²) < 4.78 is 5.56. The van der Waals surface area contributed by atoms with Gasteiger partial charge in [-0.05, 0) is 25.2 Å². The molecular formula is C27H54O2. The molecule has 0 bridgehead atoms. The minimum atomic E-state index is 0.0560. The lowest BCUT2D eigenvalue weighted by molar-refractivity contribution is -0.145. The van der Waals surface area contributed by atoms with E-state index < -0.39 is 0 Å². The molecule has 0 aliphatic rings. The van der Waals surface area contributed by atoms with Crippen molar-refractivity contribution >= 4 is 5.97 Å². The largest absolute Gasteiger partial charge is 0.466 e. The van der Waals surface area contributed by atoms with Crippen molar-refractivity contribution in [3.05, 3.63) is 0 Å². The number of carbonyl (C=O) groups is 1. The molecule has 2 heteroatoms. The molecule has 0 fully saturated rings. The summed E-state index contributed by atoms with van der Waals surface area (Å²) in [5.41, 5.74) is 0. The minimum Gasteiger partial charge on any atom is -0.466 e. The second kappa shape index (κ2) is 23.7. The van der Waals surface area contributed by atoms with Gasteiger partial charge in [0.05, 0.1) is 6.61 Å². The Balaban J connectivity index is 3.98. The molecule has 0 aliphatic carbocycles. The predicted octanol–water partition coefficient (Wildman–Crippen LogP) is 9.40. The lowest BCUT2D eigenvalue weighted by Gasteiger charge is -2.16. The average Bonchev–Trinajstić information content (AvgIpc) is 2.72. The van der Waals surface area contributed by atoms with Gasteiger partial charge in [0.2, 0.25) is 0 Å². The highest BCUT2D eigenvalue weighted by Crippen LogP contribution is 2.23. The number of unbranched alkanes of at least 4 members (excludes halogenated alkanes) is 15. The first-order chi connectivity index (χ1) is 14.2. The van der Waals surface area contributed by atoms with Gasteiger partial charge in [-0.15, -0.1) is 0 Å². The maximum Gasteiger partial charge on any atom is 0.306 e. The van der Waals surface area contributed by atoms with E-state index in [1.165, 1.54) is 122 Å². The summed E-state index contributed by atoms with van der Waals surface area (Å²) in [6.45, 7) is 7.42. The normalized spacial score (nSPS) is 11.3. The van der Waals surface area contributed by atoms with Crippen LogP contribution >= 0.6 is 0 Å². The van der Waals surface area contributed by atoms with Crippen LogP contribution in [0.5, 0.6) is 0 Å². The van der Waals surface area contributed by atoms with Gasteiger partial charge in [0, 0.05) is 6.42 Å². The zero-order valence-electron chi connectivity index (χ0n) is 20.5. The number of ether oxygens (including phenoxy) is 1. The number of rotatable bonds is 23. The molecule has 2 nitrogen and oxygen atoms in total. The second-order valence-corrected chi connectivity index (χ2v) is 9.17. The number of carbonyl (C=O) groups excluding carboxylic acids is 1. The maximum absolute atomic E-state index is 12.3. The summed E-state index contributed by atoms with van der Waals surface area (Å²) >= 11 is 0. The molecule has 0 spiro atoms. The molecule has 0 saturated carbocycles. The Labute approximate surface area is 184 Å². The Kier molecular flexibility index (Phi) is 23.3. The lowest BCUT2D eigenvalue weighted by Crippen LogP contribution is -2.13. The fraction of sp³-hybridized carbons (Fsp3) is 0.963. The SMILES string of the molecule is CCCCCCCCOC(=O)CC(CCCCCCCC)CCCCCCCC. The van der Waals surface area contributed by atoms with E-state index >= 15 is 0 Å². The molecule has 174 valence electrons. The molecular weight excluding hydrogens is 356 g/mol. The first-order valence-electron chi connectivity index (χ1n) is 13.4. The summed E-state index contributed by atoms with van der Waals surface area (Å²) in [5.74, 6) is 0.602. The first-order valence-corrected chi connectivity index (χ1v) is 13.4. The second-order valence-electron chi connectivity index (χ2n) is 9.17. The molecule has 0 heterocycles. The fourth-order valence-corrected chi connectivity index (χ4v) is 4.14. The molecule has 0 aliphatic heterocycles. The van der Waals surface area contributed by atoms with Crippen molar-refractivity contribution in [1.29, 1.82) is 0 Å². The average molecular weight is 411 g/mol. The van der Waals surface area contributed by atoms with Crippen molar-refractivity contribution in [3.8, 4) is 0 Å². The van der Waals surface area contributed by atoms with Crippen LogP contribution in [0.4, 0.5) is 0 Å². The van der Waals surface area contributed by atoms with Crippen LogP contribution in [0.1, 0.15) is 156 Å². The molecule has 0 unspecified atom stereocenters. The smallest absolute Gasteiger partial charge is 0.306 e. The van der Waals surface area contributed by atoms with Gasteiger partial charge in [-0.25, -0.2) is 0 Å². The monoisotopic (exact) mass is 410 g/mol. The molecule has 0 amide bonds. The van der Waals surface area contributed by atoms with E-state index in [4.69, 9.17) is 4.74 Å². The van der Waals surface area contributed by atoms with Gasteiger partial charge in [-0.2, -0.15) is 0 Å². The Morgan fingerprint density at radius 3 is 1.38 bits per heavy atom. The van der Waals surface area contributed by atoms with Gasteiger partial charge >= 0.3 is 5.97 Å². The number of esters is 1. The first kappa shape index (κ1) is 28.5. The Morgan fingerprint density at radius 2 is 0.931 bits per heavy atom. The van der Waals surface area contributed by atoms with Gasteiger partial charge in [-0.1, -0.05) is 130 Å². The maximum atomic E-state index is 12.3. The molecule has 0 atom stereocenters. The van der Waals surface area contributed by atoms with Crippen LogP contribution < -0.4 is 0 Å². The molecule has 0 aromatic heterocycles. The van der Waals surface area contributed by atoms with Crippen LogP contribution in [0.25, 0.3) is 0 Å². The third-order valence-corrected chi connectivity index (χ3v) is 6.15. The number of hydrogen-bond acceptors (Lipinski definition) is 2. The standard InChI is InChI=1S/C27H54O2/c1-4-7-10-13-16-19-22-26(23-20-17-14-11-8-5-2)25-27(28)29-24-21-18-15-12-9-6-3/h26H,4-25H2,1-3H3. The van der Waals surface area contributed by atoms with Gasteiger partial charge in [0.15, 0.2) is 0 Å². The third kappa shape index (κ3) is 22.0. The molecule has 0 N–H and O–H groups in total. The van der Waals surface area contributed by atoms with Crippen molar-refractivity contribution < 1.29 is 9.53 Å². The zero-order chi connectivity index (χ0) is 21.4. The van der Waals surface area contributed by atoms with E-state index in [9.17, 15) is 4.79 Å². The van der Waals surface area contributed by atoms with E-state index in [0.717, 1.165) is 6.42 Å². The Bertz CT molecular complexity index is 310. The van der Waals surface area contributed by atoms with E-state index in [-0.39, 0.29) is 5.97 Å². The van der Waals surface area contributed by atoms with Crippen LogP contribution in [0.3, 0.4) is 0 Å². The summed E-state index contributed by atoms with van der Waals surface area (Å²) in [7, 11) is 0. The van der Waals surface area contributed by atoms with Crippen molar-refractivity contribution in [2.45, 2.75) is 156 Å². The Hall–Kier alpha value is -0.530. The lowest BCUT2D eigenvalue weighted by atomic mass is 9.91. The molecule has 0 aromatic rings. The van der Waals surface area contributed by atoms with E-state index in [1.54, 1.807) is 0 Å². The molecule has 0 aromatic carbocycles. The predicted molar refractivity (Wildman–Crippen MR) is 128 cm³/mol. The van der Waals surface area contributed by atoms with Crippen molar-refractivity contribution in [1.82, 2.24) is 0 Å². The van der Waals surface area contributed by atoms with E-state index in [2.05, 4.69) is 20.8 Å². The summed E-state index contributed by atoms with van der Waals surface area (Å²) in [4.78, 5) is 12.3. The summed E-state index contributed by atoms with van der Waals surface area (Å²) in [5, 5.41) is 0. The molecule has 29 heavy (non-hydrogen) atoms. The van der Waals surface area contributed by atoms with Crippen LogP contribution in [0, 0.1) is 5.92 Å². The van der Waals surface area contributed by atoms with Gasteiger partial charge in [0.25, 0.3) is 0 Å². The van der Waals surface area contributed by atoms with Crippen LogP contribution in [0.15, 0.2) is 0 Å². The zero-order valence-corrected chi connectivity index (χ0v) is 20.5. The van der Waals surface area contributed by atoms with E-state index in [0.29, 0.717) is 18.9 Å². The highest BCUT2D eigenvalue weighted by molar-refractivity contribution is 5.69. The summed E-state index contributed by atoms with van der Waals surface area (Å²) in [6.07, 6.45) is 26.6. The third-order valence-electron chi connectivity index (χ3n) is 6.15. The van der Waals surface area contributed by atoms with Gasteiger partial charge in [-0.3, -0.25) is 4.79 Å². The van der Waals surface area contributed by atoms with Crippen molar-refractivity contribution in [3.63, 3.8) is 0 Å². The summed E-state index contributed by atoms with van der Waals surface area (Å²) in [6, 6.07) is 0. The Morgan fingerprint density at radius 1 is 0.552 bits per heavy atom. The van der Waals surface area contributed by atoms with Crippen molar-refractivity contribution in [2.24, 2.45) is 5.92 Å². The van der Waals surface area contributed by atoms with Crippen LogP contribution in [0.2, 0.25) is 0 Å². The van der Waals surface area contributed by atoms with Crippen LogP contribution in [-0.4, -0.2) is 12.6 Å². The van der Waals surface area contributed by atoms with Crippen LogP contribution in [-0.2, 0) is 9.53 Å².